The summed E-state index contributed by atoms with van der Waals surface area (Å²) in [5.41, 5.74) is 4.68. The van der Waals surface area contributed by atoms with E-state index >= 15 is 0 Å². The average Bonchev–Trinajstić information content (AvgIpc) is 2.69. The molecule has 1 saturated heterocycles. The van der Waals surface area contributed by atoms with Crippen LogP contribution in [0.2, 0.25) is 0 Å². The highest BCUT2D eigenvalue weighted by Gasteiger charge is 2.47. The number of carbonyl (C=O) groups is 2. The average molecular weight is 258 g/mol. The topological polar surface area (TPSA) is 102 Å². The van der Waals surface area contributed by atoms with Crippen LogP contribution in [0.1, 0.15) is 33.1 Å². The third-order valence-electron chi connectivity index (χ3n) is 3.47. The summed E-state index contributed by atoms with van der Waals surface area (Å²) in [6.07, 6.45) is 2.46. The fourth-order valence-electron chi connectivity index (χ4n) is 1.92. The quantitative estimate of drug-likeness (QED) is 0.627. The monoisotopic (exact) mass is 258 g/mol. The number of carboxylic acids is 1. The Labute approximate surface area is 107 Å². The van der Waals surface area contributed by atoms with Crippen LogP contribution in [0.25, 0.3) is 0 Å². The van der Waals surface area contributed by atoms with Crippen molar-refractivity contribution in [3.63, 3.8) is 0 Å². The van der Waals surface area contributed by atoms with Crippen molar-refractivity contribution >= 4 is 11.9 Å². The van der Waals surface area contributed by atoms with Crippen LogP contribution in [-0.2, 0) is 14.3 Å². The second-order valence-electron chi connectivity index (χ2n) is 5.05. The maximum absolute atomic E-state index is 11.8. The Kier molecular flexibility index (Phi) is 5.10. The lowest BCUT2D eigenvalue weighted by atomic mass is 9.85. The van der Waals surface area contributed by atoms with Crippen molar-refractivity contribution in [1.82, 2.24) is 5.32 Å². The molecule has 18 heavy (non-hydrogen) atoms. The number of carbonyl (C=O) groups excluding carboxylic acids is 1. The molecule has 0 saturated carbocycles. The third kappa shape index (κ3) is 3.20. The minimum absolute atomic E-state index is 0.109. The van der Waals surface area contributed by atoms with Gasteiger partial charge in [0.15, 0.2) is 0 Å². The summed E-state index contributed by atoms with van der Waals surface area (Å²) < 4.78 is 5.16. The number of unbranched alkanes of at least 4 members (excludes halogenated alkanes) is 1. The summed E-state index contributed by atoms with van der Waals surface area (Å²) in [7, 11) is 0. The summed E-state index contributed by atoms with van der Waals surface area (Å²) in [4.78, 5) is 23.0. The first-order chi connectivity index (χ1) is 8.41. The van der Waals surface area contributed by atoms with Gasteiger partial charge < -0.3 is 20.9 Å². The molecule has 6 heteroatoms. The molecule has 1 rings (SSSR count). The molecule has 1 heterocycles. The second-order valence-corrected chi connectivity index (χ2v) is 5.05. The maximum Gasteiger partial charge on any atom is 0.313 e. The Morgan fingerprint density at radius 3 is 2.83 bits per heavy atom. The van der Waals surface area contributed by atoms with Gasteiger partial charge in [-0.25, -0.2) is 0 Å². The van der Waals surface area contributed by atoms with Crippen LogP contribution in [-0.4, -0.2) is 42.3 Å². The minimum Gasteiger partial charge on any atom is -0.481 e. The van der Waals surface area contributed by atoms with Crippen molar-refractivity contribution in [2.24, 2.45) is 11.1 Å². The Bertz CT molecular complexity index is 321. The Balaban J connectivity index is 2.56. The number of rotatable bonds is 6. The van der Waals surface area contributed by atoms with Crippen molar-refractivity contribution in [3.05, 3.63) is 0 Å². The normalized spacial score (nSPS) is 28.9. The first-order valence-corrected chi connectivity index (χ1v) is 6.29. The van der Waals surface area contributed by atoms with E-state index in [-0.39, 0.29) is 19.1 Å². The summed E-state index contributed by atoms with van der Waals surface area (Å²) in [6, 6.07) is -1.10. The van der Waals surface area contributed by atoms with Gasteiger partial charge in [-0.3, -0.25) is 9.59 Å². The van der Waals surface area contributed by atoms with E-state index in [4.69, 9.17) is 10.5 Å². The van der Waals surface area contributed by atoms with E-state index in [0.29, 0.717) is 6.42 Å². The summed E-state index contributed by atoms with van der Waals surface area (Å²) in [5, 5.41) is 11.9. The molecular weight excluding hydrogens is 236 g/mol. The van der Waals surface area contributed by atoms with Crippen LogP contribution in [0.15, 0.2) is 0 Å². The zero-order valence-corrected chi connectivity index (χ0v) is 10.9. The lowest BCUT2D eigenvalue weighted by Gasteiger charge is -2.26. The third-order valence-corrected chi connectivity index (χ3v) is 3.47. The van der Waals surface area contributed by atoms with Crippen molar-refractivity contribution < 1.29 is 19.4 Å². The molecule has 0 radical (unpaired) electrons. The van der Waals surface area contributed by atoms with E-state index in [1.807, 2.05) is 6.92 Å². The summed E-state index contributed by atoms with van der Waals surface area (Å²) in [5.74, 6) is -1.26. The van der Waals surface area contributed by atoms with Crippen LogP contribution >= 0.6 is 0 Å². The summed E-state index contributed by atoms with van der Waals surface area (Å²) >= 11 is 0. The second kappa shape index (κ2) is 6.15. The number of ether oxygens (including phenoxy) is 1. The first-order valence-electron chi connectivity index (χ1n) is 6.29. The van der Waals surface area contributed by atoms with E-state index in [1.165, 1.54) is 0 Å². The molecule has 1 fully saturated rings. The van der Waals surface area contributed by atoms with Crippen molar-refractivity contribution in [2.45, 2.75) is 45.2 Å². The zero-order valence-electron chi connectivity index (χ0n) is 10.9. The van der Waals surface area contributed by atoms with Crippen LogP contribution in [0.4, 0.5) is 0 Å². The Hall–Kier alpha value is -1.14. The number of aliphatic carboxylic acids is 1. The molecule has 6 nitrogen and oxygen atoms in total. The number of carboxylic acid groups (broad SMARTS) is 1. The number of nitrogens with one attached hydrogen (secondary N) is 1. The van der Waals surface area contributed by atoms with Gasteiger partial charge in [-0.1, -0.05) is 19.8 Å². The minimum atomic E-state index is -1.07. The fourth-order valence-corrected chi connectivity index (χ4v) is 1.92. The van der Waals surface area contributed by atoms with E-state index < -0.39 is 23.5 Å². The van der Waals surface area contributed by atoms with Gasteiger partial charge in [-0.2, -0.15) is 0 Å². The standard InChI is InChI=1S/C12H22N2O4/c1-3-4-5-8(13)10(15)14-9-6-18-7-12(9,2)11(16)17/h8-9H,3-7,13H2,1-2H3,(H,14,15)(H,16,17). The van der Waals surface area contributed by atoms with E-state index in [2.05, 4.69) is 5.32 Å². The van der Waals surface area contributed by atoms with Gasteiger partial charge in [-0.15, -0.1) is 0 Å². The molecule has 3 atom stereocenters. The number of hydrogen-bond donors (Lipinski definition) is 3. The first kappa shape index (κ1) is 14.9. The molecule has 1 amide bonds. The predicted octanol–water partition coefficient (Wildman–Crippen LogP) is 0.110. The molecule has 4 N–H and O–H groups in total. The molecule has 104 valence electrons. The molecule has 0 aromatic carbocycles. The highest BCUT2D eigenvalue weighted by molar-refractivity contribution is 5.83. The molecule has 0 aliphatic carbocycles. The Morgan fingerprint density at radius 1 is 1.61 bits per heavy atom. The number of hydrogen-bond acceptors (Lipinski definition) is 4. The van der Waals surface area contributed by atoms with Crippen LogP contribution in [0.5, 0.6) is 0 Å². The SMILES string of the molecule is CCCCC(N)C(=O)NC1COCC1(C)C(=O)O. The summed E-state index contributed by atoms with van der Waals surface area (Å²) in [6.45, 7) is 3.92. The van der Waals surface area contributed by atoms with E-state index in [1.54, 1.807) is 6.92 Å². The molecule has 0 aromatic rings. The van der Waals surface area contributed by atoms with Crippen molar-refractivity contribution in [3.8, 4) is 0 Å². The predicted molar refractivity (Wildman–Crippen MR) is 66.0 cm³/mol. The molecular formula is C12H22N2O4. The largest absolute Gasteiger partial charge is 0.481 e. The molecule has 3 unspecified atom stereocenters. The molecule has 0 bridgehead atoms. The fraction of sp³-hybridized carbons (Fsp3) is 0.833. The van der Waals surface area contributed by atoms with Gasteiger partial charge in [0, 0.05) is 0 Å². The van der Waals surface area contributed by atoms with Gasteiger partial charge >= 0.3 is 5.97 Å². The number of nitrogens with two attached hydrogens (primary N) is 1. The van der Waals surface area contributed by atoms with Crippen molar-refractivity contribution in [1.29, 1.82) is 0 Å². The van der Waals surface area contributed by atoms with Crippen LogP contribution in [0, 0.1) is 5.41 Å². The molecule has 0 aromatic heterocycles. The lowest BCUT2D eigenvalue weighted by molar-refractivity contribution is -0.149. The van der Waals surface area contributed by atoms with Gasteiger partial charge in [0.25, 0.3) is 0 Å². The van der Waals surface area contributed by atoms with Crippen molar-refractivity contribution in [2.75, 3.05) is 13.2 Å². The molecule has 1 aliphatic heterocycles. The lowest BCUT2D eigenvalue weighted by Crippen LogP contribution is -2.53. The van der Waals surface area contributed by atoms with E-state index in [9.17, 15) is 14.7 Å². The van der Waals surface area contributed by atoms with Crippen LogP contribution < -0.4 is 11.1 Å². The number of amides is 1. The van der Waals surface area contributed by atoms with Gasteiger partial charge in [0.2, 0.25) is 5.91 Å². The van der Waals surface area contributed by atoms with Gasteiger partial charge in [0.1, 0.15) is 5.41 Å². The highest BCUT2D eigenvalue weighted by atomic mass is 16.5. The highest BCUT2D eigenvalue weighted by Crippen LogP contribution is 2.28. The van der Waals surface area contributed by atoms with Gasteiger partial charge in [0.05, 0.1) is 25.3 Å². The molecule has 1 aliphatic rings. The maximum atomic E-state index is 11.8. The zero-order chi connectivity index (χ0) is 13.8. The van der Waals surface area contributed by atoms with Gasteiger partial charge in [-0.05, 0) is 13.3 Å². The molecule has 0 spiro atoms. The van der Waals surface area contributed by atoms with E-state index in [0.717, 1.165) is 12.8 Å². The Morgan fingerprint density at radius 2 is 2.28 bits per heavy atom. The van der Waals surface area contributed by atoms with Crippen LogP contribution in [0.3, 0.4) is 0 Å². The smallest absolute Gasteiger partial charge is 0.313 e.